The van der Waals surface area contributed by atoms with Gasteiger partial charge in [0.2, 0.25) is 0 Å². The van der Waals surface area contributed by atoms with Crippen molar-refractivity contribution in [2.24, 2.45) is 10.8 Å². The molecular formula is C16H36N2O2. The molecule has 0 saturated carbocycles. The zero-order valence-electron chi connectivity index (χ0n) is 14.8. The average Bonchev–Trinajstić information content (AvgIpc) is 2.23. The summed E-state index contributed by atoms with van der Waals surface area (Å²) < 4.78 is 0. The van der Waals surface area contributed by atoms with Crippen LogP contribution in [0.4, 0.5) is 0 Å². The number of aliphatic hydroxyl groups excluding tert-OH is 2. The molecule has 0 aliphatic carbocycles. The van der Waals surface area contributed by atoms with Gasteiger partial charge in [0.1, 0.15) is 0 Å². The van der Waals surface area contributed by atoms with E-state index in [1.54, 1.807) is 0 Å². The molecular weight excluding hydrogens is 252 g/mol. The van der Waals surface area contributed by atoms with Gasteiger partial charge in [0.05, 0.1) is 12.2 Å². The maximum Gasteiger partial charge on any atom is 0.0715 e. The molecule has 0 bridgehead atoms. The van der Waals surface area contributed by atoms with Crippen molar-refractivity contribution in [1.29, 1.82) is 0 Å². The maximum atomic E-state index is 10.1. The van der Waals surface area contributed by atoms with E-state index in [0.29, 0.717) is 13.1 Å². The van der Waals surface area contributed by atoms with Crippen LogP contribution in [-0.4, -0.2) is 72.5 Å². The summed E-state index contributed by atoms with van der Waals surface area (Å²) in [5.41, 5.74) is -0.162. The Morgan fingerprint density at radius 2 is 0.950 bits per heavy atom. The second-order valence-corrected chi connectivity index (χ2v) is 8.29. The molecule has 0 radical (unpaired) electrons. The minimum Gasteiger partial charge on any atom is -0.391 e. The van der Waals surface area contributed by atoms with Crippen molar-refractivity contribution in [1.82, 2.24) is 9.80 Å². The van der Waals surface area contributed by atoms with Crippen LogP contribution in [0.3, 0.4) is 0 Å². The van der Waals surface area contributed by atoms with Gasteiger partial charge in [0.25, 0.3) is 0 Å². The molecule has 0 amide bonds. The Hall–Kier alpha value is -0.160. The van der Waals surface area contributed by atoms with Gasteiger partial charge in [0.15, 0.2) is 0 Å². The lowest BCUT2D eigenvalue weighted by Gasteiger charge is -2.32. The van der Waals surface area contributed by atoms with Crippen LogP contribution in [0, 0.1) is 10.8 Å². The van der Waals surface area contributed by atoms with E-state index in [0.717, 1.165) is 13.1 Å². The van der Waals surface area contributed by atoms with Crippen LogP contribution < -0.4 is 0 Å². The lowest BCUT2D eigenvalue weighted by Crippen LogP contribution is -2.43. The van der Waals surface area contributed by atoms with Crippen molar-refractivity contribution >= 4 is 0 Å². The fourth-order valence-corrected chi connectivity index (χ4v) is 1.66. The average molecular weight is 288 g/mol. The molecule has 4 nitrogen and oxygen atoms in total. The van der Waals surface area contributed by atoms with Crippen LogP contribution >= 0.6 is 0 Å². The van der Waals surface area contributed by atoms with E-state index in [1.807, 2.05) is 14.1 Å². The predicted molar refractivity (Wildman–Crippen MR) is 85.9 cm³/mol. The molecule has 0 aromatic carbocycles. The van der Waals surface area contributed by atoms with Gasteiger partial charge in [-0.05, 0) is 24.9 Å². The van der Waals surface area contributed by atoms with E-state index < -0.39 is 0 Å². The molecule has 20 heavy (non-hydrogen) atoms. The zero-order valence-corrected chi connectivity index (χ0v) is 14.8. The molecule has 0 aliphatic heterocycles. The number of likely N-dealkylation sites (N-methyl/N-ethyl adjacent to an activating group) is 2. The molecule has 0 aromatic heterocycles. The molecule has 4 heteroatoms. The smallest absolute Gasteiger partial charge is 0.0715 e. The molecule has 0 heterocycles. The van der Waals surface area contributed by atoms with Crippen LogP contribution in [0.2, 0.25) is 0 Å². The Labute approximate surface area is 125 Å². The quantitative estimate of drug-likeness (QED) is 0.748. The number of hydrogen-bond donors (Lipinski definition) is 2. The molecule has 2 atom stereocenters. The third-order valence-electron chi connectivity index (χ3n) is 3.83. The van der Waals surface area contributed by atoms with E-state index in [9.17, 15) is 10.2 Å². The third-order valence-corrected chi connectivity index (χ3v) is 3.83. The monoisotopic (exact) mass is 288 g/mol. The van der Waals surface area contributed by atoms with Crippen molar-refractivity contribution in [2.75, 3.05) is 40.3 Å². The molecule has 0 fully saturated rings. The lowest BCUT2D eigenvalue weighted by molar-refractivity contribution is 0.0227. The fourth-order valence-electron chi connectivity index (χ4n) is 1.66. The van der Waals surface area contributed by atoms with Crippen LogP contribution in [-0.2, 0) is 0 Å². The molecule has 0 aliphatic rings. The molecule has 0 rings (SSSR count). The van der Waals surface area contributed by atoms with Crippen LogP contribution in [0.25, 0.3) is 0 Å². The summed E-state index contributed by atoms with van der Waals surface area (Å²) in [4.78, 5) is 4.30. The van der Waals surface area contributed by atoms with Crippen LogP contribution in [0.5, 0.6) is 0 Å². The summed E-state index contributed by atoms with van der Waals surface area (Å²) in [6.45, 7) is 15.5. The summed E-state index contributed by atoms with van der Waals surface area (Å²) in [6, 6.07) is 0. The zero-order chi connectivity index (χ0) is 16.1. The van der Waals surface area contributed by atoms with Crippen molar-refractivity contribution in [3.05, 3.63) is 0 Å². The van der Waals surface area contributed by atoms with E-state index >= 15 is 0 Å². The summed E-state index contributed by atoms with van der Waals surface area (Å²) >= 11 is 0. The Morgan fingerprint density at radius 3 is 1.15 bits per heavy atom. The second kappa shape index (κ2) is 7.74. The summed E-state index contributed by atoms with van der Waals surface area (Å²) in [7, 11) is 4.06. The maximum absolute atomic E-state index is 10.1. The first kappa shape index (κ1) is 19.8. The summed E-state index contributed by atoms with van der Waals surface area (Å²) in [6.07, 6.45) is -0.643. The van der Waals surface area contributed by atoms with Gasteiger partial charge in [-0.2, -0.15) is 0 Å². The first-order valence-electron chi connectivity index (χ1n) is 7.57. The normalized spacial score (nSPS) is 16.8. The van der Waals surface area contributed by atoms with Crippen molar-refractivity contribution < 1.29 is 10.2 Å². The molecule has 2 unspecified atom stereocenters. The minimum absolute atomic E-state index is 0.0808. The summed E-state index contributed by atoms with van der Waals surface area (Å²) in [5.74, 6) is 0. The van der Waals surface area contributed by atoms with Gasteiger partial charge in [-0.1, -0.05) is 41.5 Å². The Balaban J connectivity index is 4.04. The van der Waals surface area contributed by atoms with E-state index in [1.165, 1.54) is 0 Å². The topological polar surface area (TPSA) is 46.9 Å². The Bertz CT molecular complexity index is 241. The largest absolute Gasteiger partial charge is 0.391 e. The second-order valence-electron chi connectivity index (χ2n) is 8.29. The van der Waals surface area contributed by atoms with Gasteiger partial charge in [-0.3, -0.25) is 0 Å². The highest BCUT2D eigenvalue weighted by molar-refractivity contribution is 4.77. The first-order chi connectivity index (χ1) is 8.84. The van der Waals surface area contributed by atoms with Gasteiger partial charge in [0, 0.05) is 26.2 Å². The van der Waals surface area contributed by atoms with Gasteiger partial charge in [-0.15, -0.1) is 0 Å². The van der Waals surface area contributed by atoms with Crippen molar-refractivity contribution in [3.63, 3.8) is 0 Å². The highest BCUT2D eigenvalue weighted by Crippen LogP contribution is 2.20. The molecule has 122 valence electrons. The van der Waals surface area contributed by atoms with Gasteiger partial charge < -0.3 is 20.0 Å². The first-order valence-corrected chi connectivity index (χ1v) is 7.57. The molecule has 0 spiro atoms. The van der Waals surface area contributed by atoms with Crippen molar-refractivity contribution in [3.8, 4) is 0 Å². The van der Waals surface area contributed by atoms with Gasteiger partial charge >= 0.3 is 0 Å². The van der Waals surface area contributed by atoms with Crippen molar-refractivity contribution in [2.45, 2.75) is 53.8 Å². The fraction of sp³-hybridized carbons (Fsp3) is 1.00. The minimum atomic E-state index is -0.321. The van der Waals surface area contributed by atoms with E-state index in [2.05, 4.69) is 51.3 Å². The predicted octanol–water partition coefficient (Wildman–Crippen LogP) is 1.66. The molecule has 0 saturated heterocycles. The van der Waals surface area contributed by atoms with E-state index in [4.69, 9.17) is 0 Å². The SMILES string of the molecule is CN(CCN(C)CC(O)C(C)(C)C)CC(O)C(C)(C)C. The van der Waals surface area contributed by atoms with Crippen LogP contribution in [0.1, 0.15) is 41.5 Å². The third kappa shape index (κ3) is 8.20. The number of nitrogens with zero attached hydrogens (tertiary/aromatic N) is 2. The summed E-state index contributed by atoms with van der Waals surface area (Å²) in [5, 5.41) is 20.2. The standard InChI is InChI=1S/C16H36N2O2/c1-15(2,3)13(19)11-17(7)9-10-18(8)12-14(20)16(4,5)6/h13-14,19-20H,9-12H2,1-8H3. The lowest BCUT2D eigenvalue weighted by atomic mass is 9.89. The Morgan fingerprint density at radius 1 is 0.700 bits per heavy atom. The Kier molecular flexibility index (Phi) is 7.67. The molecule has 0 aromatic rings. The number of aliphatic hydroxyl groups is 2. The highest BCUT2D eigenvalue weighted by atomic mass is 16.3. The van der Waals surface area contributed by atoms with E-state index in [-0.39, 0.29) is 23.0 Å². The van der Waals surface area contributed by atoms with Gasteiger partial charge in [-0.25, -0.2) is 0 Å². The van der Waals surface area contributed by atoms with Crippen LogP contribution in [0.15, 0.2) is 0 Å². The number of rotatable bonds is 7. The number of hydrogen-bond acceptors (Lipinski definition) is 4. The molecule has 2 N–H and O–H groups in total. The highest BCUT2D eigenvalue weighted by Gasteiger charge is 2.24.